The van der Waals surface area contributed by atoms with Crippen molar-refractivity contribution in [1.82, 2.24) is 4.90 Å². The summed E-state index contributed by atoms with van der Waals surface area (Å²) in [6.45, 7) is 2.09. The largest absolute Gasteiger partial charge is 0.504 e. The summed E-state index contributed by atoms with van der Waals surface area (Å²) in [5, 5.41) is 19.0. The number of carbonyl (C=O) groups excluding carboxylic acids is 1. The van der Waals surface area contributed by atoms with Crippen LogP contribution < -0.4 is 4.74 Å². The molecule has 0 spiro atoms. The third-order valence-corrected chi connectivity index (χ3v) is 2.68. The second-order valence-electron chi connectivity index (χ2n) is 4.22. The molecule has 1 aromatic carbocycles. The Balaban J connectivity index is 2.83. The first kappa shape index (κ1) is 14.3. The number of phenols is 1. The third kappa shape index (κ3) is 3.37. The summed E-state index contributed by atoms with van der Waals surface area (Å²) in [5.74, 6) is -0.189. The van der Waals surface area contributed by atoms with Gasteiger partial charge in [0, 0.05) is 13.6 Å². The zero-order valence-electron chi connectivity index (χ0n) is 10.9. The standard InChI is InChI=1S/C13H19NO4/c1-9(15)7-8-14(2)13(17)10-5-4-6-11(18-3)12(10)16/h4-6,9,15-16H,7-8H2,1-3H3. The van der Waals surface area contributed by atoms with Gasteiger partial charge in [-0.2, -0.15) is 0 Å². The van der Waals surface area contributed by atoms with Gasteiger partial charge in [0.2, 0.25) is 0 Å². The van der Waals surface area contributed by atoms with Gasteiger partial charge in [0.1, 0.15) is 0 Å². The number of aliphatic hydroxyl groups excluding tert-OH is 1. The molecule has 0 bridgehead atoms. The van der Waals surface area contributed by atoms with Crippen molar-refractivity contribution in [2.45, 2.75) is 19.4 Å². The number of nitrogens with zero attached hydrogens (tertiary/aromatic N) is 1. The molecule has 1 aromatic rings. The summed E-state index contributed by atoms with van der Waals surface area (Å²) in [6.07, 6.45) is 0.0339. The van der Waals surface area contributed by atoms with Crippen LogP contribution in [0.4, 0.5) is 0 Å². The minimum Gasteiger partial charge on any atom is -0.504 e. The van der Waals surface area contributed by atoms with E-state index in [1.54, 1.807) is 32.2 Å². The van der Waals surface area contributed by atoms with E-state index >= 15 is 0 Å². The number of aliphatic hydroxyl groups is 1. The molecule has 1 amide bonds. The Morgan fingerprint density at radius 2 is 2.17 bits per heavy atom. The lowest BCUT2D eigenvalue weighted by Crippen LogP contribution is -2.29. The van der Waals surface area contributed by atoms with E-state index in [-0.39, 0.29) is 23.0 Å². The van der Waals surface area contributed by atoms with Crippen molar-refractivity contribution in [3.05, 3.63) is 23.8 Å². The summed E-state index contributed by atoms with van der Waals surface area (Å²) in [5.41, 5.74) is 0.197. The highest BCUT2D eigenvalue weighted by atomic mass is 16.5. The topological polar surface area (TPSA) is 70.0 Å². The summed E-state index contributed by atoms with van der Waals surface area (Å²) in [4.78, 5) is 13.5. The van der Waals surface area contributed by atoms with E-state index in [1.165, 1.54) is 12.0 Å². The number of para-hydroxylation sites is 1. The highest BCUT2D eigenvalue weighted by Crippen LogP contribution is 2.29. The number of rotatable bonds is 5. The number of phenolic OH excluding ortho intramolecular Hbond substituents is 1. The van der Waals surface area contributed by atoms with Crippen LogP contribution in [0, 0.1) is 0 Å². The van der Waals surface area contributed by atoms with Crippen LogP contribution in [0.5, 0.6) is 11.5 Å². The molecule has 100 valence electrons. The molecule has 0 aliphatic heterocycles. The molecule has 1 rings (SSSR count). The van der Waals surface area contributed by atoms with Gasteiger partial charge in [-0.1, -0.05) is 6.07 Å². The van der Waals surface area contributed by atoms with Gasteiger partial charge in [-0.25, -0.2) is 0 Å². The quantitative estimate of drug-likeness (QED) is 0.828. The van der Waals surface area contributed by atoms with Crippen LogP contribution in [0.25, 0.3) is 0 Å². The van der Waals surface area contributed by atoms with Crippen molar-refractivity contribution in [3.63, 3.8) is 0 Å². The van der Waals surface area contributed by atoms with Gasteiger partial charge in [0.25, 0.3) is 5.91 Å². The molecule has 0 heterocycles. The number of carbonyl (C=O) groups is 1. The van der Waals surface area contributed by atoms with Crippen molar-refractivity contribution in [2.24, 2.45) is 0 Å². The molecule has 18 heavy (non-hydrogen) atoms. The Morgan fingerprint density at radius 3 is 2.72 bits per heavy atom. The number of hydrogen-bond acceptors (Lipinski definition) is 4. The summed E-state index contributed by atoms with van der Waals surface area (Å²) < 4.78 is 4.95. The number of benzene rings is 1. The Kier molecular flexibility index (Phi) is 4.97. The van der Waals surface area contributed by atoms with E-state index in [0.717, 1.165) is 0 Å². The Hall–Kier alpha value is -1.75. The molecule has 1 unspecified atom stereocenters. The maximum Gasteiger partial charge on any atom is 0.257 e. The molecule has 0 radical (unpaired) electrons. The average Bonchev–Trinajstić information content (AvgIpc) is 2.35. The first-order valence-corrected chi connectivity index (χ1v) is 5.76. The number of hydrogen-bond donors (Lipinski definition) is 2. The molecule has 0 fully saturated rings. The fourth-order valence-corrected chi connectivity index (χ4v) is 1.55. The minimum atomic E-state index is -0.459. The van der Waals surface area contributed by atoms with Crippen molar-refractivity contribution >= 4 is 5.91 Å². The van der Waals surface area contributed by atoms with Crippen LogP contribution in [0.15, 0.2) is 18.2 Å². The predicted molar refractivity (Wildman–Crippen MR) is 67.9 cm³/mol. The SMILES string of the molecule is COc1cccc(C(=O)N(C)CCC(C)O)c1O. The first-order chi connectivity index (χ1) is 8.47. The summed E-state index contributed by atoms with van der Waals surface area (Å²) in [6, 6.07) is 4.77. The van der Waals surface area contributed by atoms with Crippen LogP contribution in [0.2, 0.25) is 0 Å². The molecule has 5 nitrogen and oxygen atoms in total. The Bertz CT molecular complexity index is 417. The second-order valence-corrected chi connectivity index (χ2v) is 4.22. The van der Waals surface area contributed by atoms with E-state index in [4.69, 9.17) is 4.74 Å². The molecular weight excluding hydrogens is 234 g/mol. The minimum absolute atomic E-state index is 0.158. The number of methoxy groups -OCH3 is 1. The van der Waals surface area contributed by atoms with E-state index in [9.17, 15) is 15.0 Å². The summed E-state index contributed by atoms with van der Waals surface area (Å²) in [7, 11) is 3.06. The van der Waals surface area contributed by atoms with Gasteiger partial charge in [-0.05, 0) is 25.5 Å². The maximum absolute atomic E-state index is 12.1. The number of aromatic hydroxyl groups is 1. The van der Waals surface area contributed by atoms with Gasteiger partial charge in [-0.3, -0.25) is 4.79 Å². The predicted octanol–water partition coefficient (Wildman–Crippen LogP) is 1.24. The van der Waals surface area contributed by atoms with E-state index in [2.05, 4.69) is 0 Å². The fraction of sp³-hybridized carbons (Fsp3) is 0.462. The number of ether oxygens (including phenoxy) is 1. The third-order valence-electron chi connectivity index (χ3n) is 2.68. The van der Waals surface area contributed by atoms with Gasteiger partial charge >= 0.3 is 0 Å². The van der Waals surface area contributed by atoms with E-state index < -0.39 is 6.10 Å². The van der Waals surface area contributed by atoms with E-state index in [1.807, 2.05) is 0 Å². The van der Waals surface area contributed by atoms with Crippen molar-refractivity contribution in [1.29, 1.82) is 0 Å². The van der Waals surface area contributed by atoms with Gasteiger partial charge in [-0.15, -0.1) is 0 Å². The molecule has 0 saturated carbocycles. The van der Waals surface area contributed by atoms with Gasteiger partial charge in [0.15, 0.2) is 11.5 Å². The Morgan fingerprint density at radius 1 is 1.50 bits per heavy atom. The van der Waals surface area contributed by atoms with Gasteiger partial charge in [0.05, 0.1) is 18.8 Å². The molecule has 2 N–H and O–H groups in total. The van der Waals surface area contributed by atoms with Gasteiger partial charge < -0.3 is 19.8 Å². The maximum atomic E-state index is 12.1. The van der Waals surface area contributed by atoms with E-state index in [0.29, 0.717) is 13.0 Å². The number of amides is 1. The summed E-state index contributed by atoms with van der Waals surface area (Å²) >= 11 is 0. The lowest BCUT2D eigenvalue weighted by atomic mass is 10.1. The average molecular weight is 253 g/mol. The molecule has 0 aromatic heterocycles. The molecule has 1 atom stereocenters. The zero-order chi connectivity index (χ0) is 13.7. The van der Waals surface area contributed by atoms with Crippen LogP contribution in [0.3, 0.4) is 0 Å². The first-order valence-electron chi connectivity index (χ1n) is 5.76. The fourth-order valence-electron chi connectivity index (χ4n) is 1.55. The van der Waals surface area contributed by atoms with Crippen molar-refractivity contribution in [2.75, 3.05) is 20.7 Å². The molecule has 0 aliphatic carbocycles. The molecule has 5 heteroatoms. The van der Waals surface area contributed by atoms with Crippen molar-refractivity contribution in [3.8, 4) is 11.5 Å². The zero-order valence-corrected chi connectivity index (χ0v) is 10.9. The van der Waals surface area contributed by atoms with Crippen LogP contribution in [0.1, 0.15) is 23.7 Å². The van der Waals surface area contributed by atoms with Crippen LogP contribution >= 0.6 is 0 Å². The highest BCUT2D eigenvalue weighted by molar-refractivity contribution is 5.97. The lowest BCUT2D eigenvalue weighted by molar-refractivity contribution is 0.0765. The smallest absolute Gasteiger partial charge is 0.257 e. The van der Waals surface area contributed by atoms with Crippen LogP contribution in [-0.2, 0) is 0 Å². The lowest BCUT2D eigenvalue weighted by Gasteiger charge is -2.19. The molecular formula is C13H19NO4. The second kappa shape index (κ2) is 6.26. The monoisotopic (exact) mass is 253 g/mol. The van der Waals surface area contributed by atoms with Crippen molar-refractivity contribution < 1.29 is 19.7 Å². The normalized spacial score (nSPS) is 12.0. The Labute approximate surface area is 107 Å². The molecule has 0 aliphatic rings. The highest BCUT2D eigenvalue weighted by Gasteiger charge is 2.18. The molecule has 0 saturated heterocycles. The van der Waals surface area contributed by atoms with Crippen LogP contribution in [-0.4, -0.2) is 47.8 Å².